The van der Waals surface area contributed by atoms with Crippen molar-refractivity contribution >= 4 is 5.91 Å². The number of aliphatic hydroxyl groups is 2. The van der Waals surface area contributed by atoms with E-state index in [9.17, 15) is 15.0 Å². The number of rotatable bonds is 5. The highest BCUT2D eigenvalue weighted by molar-refractivity contribution is 5.77. The van der Waals surface area contributed by atoms with Crippen LogP contribution in [-0.4, -0.2) is 34.1 Å². The van der Waals surface area contributed by atoms with E-state index < -0.39 is 12.2 Å². The fourth-order valence-corrected chi connectivity index (χ4v) is 3.47. The molecule has 1 fully saturated rings. The topological polar surface area (TPSA) is 60.8 Å². The molecule has 2 atom stereocenters. The van der Waals surface area contributed by atoms with E-state index in [4.69, 9.17) is 0 Å². The van der Waals surface area contributed by atoms with Gasteiger partial charge in [0.05, 0.1) is 18.6 Å². The maximum absolute atomic E-state index is 12.4. The Labute approximate surface area is 148 Å². The second kappa shape index (κ2) is 8.28. The lowest BCUT2D eigenvalue weighted by atomic mass is 9.87. The van der Waals surface area contributed by atoms with E-state index in [2.05, 4.69) is 0 Å². The molecule has 1 aliphatic heterocycles. The molecule has 0 bridgehead atoms. The molecule has 0 radical (unpaired) electrons. The Bertz CT molecular complexity index is 666. The summed E-state index contributed by atoms with van der Waals surface area (Å²) in [6.45, 7) is 1.27. The smallest absolute Gasteiger partial charge is 0.225 e. The van der Waals surface area contributed by atoms with Crippen molar-refractivity contribution in [2.45, 2.75) is 31.5 Å². The predicted octanol–water partition coefficient (Wildman–Crippen LogP) is 3.08. The normalized spacial score (nSPS) is 17.9. The summed E-state index contributed by atoms with van der Waals surface area (Å²) in [5.74, 6) is 0.148. The molecule has 4 nitrogen and oxygen atoms in total. The number of hydrogen-bond acceptors (Lipinski definition) is 3. The summed E-state index contributed by atoms with van der Waals surface area (Å²) in [6, 6.07) is 19.0. The van der Waals surface area contributed by atoms with Crippen LogP contribution in [0.2, 0.25) is 0 Å². The highest BCUT2D eigenvalue weighted by atomic mass is 16.3. The van der Waals surface area contributed by atoms with E-state index in [0.717, 1.165) is 24.0 Å². The van der Waals surface area contributed by atoms with Gasteiger partial charge in [0.15, 0.2) is 0 Å². The lowest BCUT2D eigenvalue weighted by Gasteiger charge is -2.34. The lowest BCUT2D eigenvalue weighted by molar-refractivity contribution is -0.135. The first-order valence-electron chi connectivity index (χ1n) is 8.89. The van der Waals surface area contributed by atoms with Gasteiger partial charge in [-0.1, -0.05) is 60.7 Å². The molecule has 2 N–H and O–H groups in total. The molecule has 1 amide bonds. The number of hydrogen-bond donors (Lipinski definition) is 2. The van der Waals surface area contributed by atoms with Crippen LogP contribution in [0, 0.1) is 5.92 Å². The van der Waals surface area contributed by atoms with E-state index in [1.54, 1.807) is 4.90 Å². The Kier molecular flexibility index (Phi) is 5.84. The van der Waals surface area contributed by atoms with Crippen molar-refractivity contribution in [1.82, 2.24) is 4.90 Å². The van der Waals surface area contributed by atoms with Crippen LogP contribution in [0.25, 0.3) is 0 Å². The van der Waals surface area contributed by atoms with Gasteiger partial charge >= 0.3 is 0 Å². The molecule has 3 rings (SSSR count). The largest absolute Gasteiger partial charge is 0.388 e. The van der Waals surface area contributed by atoms with Crippen molar-refractivity contribution in [1.29, 1.82) is 0 Å². The summed E-state index contributed by atoms with van der Waals surface area (Å²) in [5.41, 5.74) is 1.71. The van der Waals surface area contributed by atoms with E-state index in [-0.39, 0.29) is 18.2 Å². The fraction of sp³-hybridized carbons (Fsp3) is 0.381. The van der Waals surface area contributed by atoms with Crippen LogP contribution in [0.15, 0.2) is 60.7 Å². The first-order chi connectivity index (χ1) is 12.1. The van der Waals surface area contributed by atoms with Crippen LogP contribution < -0.4 is 0 Å². The molecule has 132 valence electrons. The fourth-order valence-electron chi connectivity index (χ4n) is 3.47. The van der Waals surface area contributed by atoms with Gasteiger partial charge in [0.1, 0.15) is 0 Å². The number of piperidine rings is 1. The van der Waals surface area contributed by atoms with Crippen molar-refractivity contribution < 1.29 is 15.0 Å². The zero-order valence-electron chi connectivity index (χ0n) is 14.3. The monoisotopic (exact) mass is 339 g/mol. The molecule has 0 aromatic heterocycles. The number of carbonyl (C=O) groups is 1. The molecule has 25 heavy (non-hydrogen) atoms. The third-order valence-electron chi connectivity index (χ3n) is 5.03. The van der Waals surface area contributed by atoms with E-state index in [1.807, 2.05) is 60.7 Å². The van der Waals surface area contributed by atoms with Crippen LogP contribution in [0.5, 0.6) is 0 Å². The van der Waals surface area contributed by atoms with Gasteiger partial charge in [0, 0.05) is 13.1 Å². The summed E-state index contributed by atoms with van der Waals surface area (Å²) in [5, 5.41) is 20.7. The molecule has 1 saturated heterocycles. The number of aliphatic hydroxyl groups excluding tert-OH is 2. The van der Waals surface area contributed by atoms with E-state index >= 15 is 0 Å². The molecular formula is C21H25NO3. The average Bonchev–Trinajstić information content (AvgIpc) is 2.69. The minimum atomic E-state index is -0.763. The van der Waals surface area contributed by atoms with Crippen molar-refractivity contribution in [2.75, 3.05) is 13.1 Å². The second-order valence-electron chi connectivity index (χ2n) is 6.70. The first-order valence-corrected chi connectivity index (χ1v) is 8.89. The van der Waals surface area contributed by atoms with Crippen LogP contribution in [0.4, 0.5) is 0 Å². The molecule has 0 saturated carbocycles. The molecule has 0 aliphatic carbocycles. The maximum Gasteiger partial charge on any atom is 0.225 e. The summed E-state index contributed by atoms with van der Waals surface area (Å²) in [6.07, 6.45) is 0.428. The zero-order chi connectivity index (χ0) is 17.6. The second-order valence-corrected chi connectivity index (χ2v) is 6.70. The molecule has 2 aromatic carbocycles. The number of benzene rings is 2. The van der Waals surface area contributed by atoms with Crippen molar-refractivity contribution in [3.05, 3.63) is 71.8 Å². The third-order valence-corrected chi connectivity index (χ3v) is 5.03. The molecule has 1 aliphatic rings. The van der Waals surface area contributed by atoms with Crippen LogP contribution >= 0.6 is 0 Å². The Morgan fingerprint density at radius 1 is 0.920 bits per heavy atom. The molecular weight excluding hydrogens is 314 g/mol. The quantitative estimate of drug-likeness (QED) is 0.880. The van der Waals surface area contributed by atoms with Gasteiger partial charge in [-0.05, 0) is 29.9 Å². The summed E-state index contributed by atoms with van der Waals surface area (Å²) in [4.78, 5) is 14.2. The minimum absolute atomic E-state index is 0.0241. The molecule has 4 heteroatoms. The van der Waals surface area contributed by atoms with Crippen molar-refractivity contribution in [2.24, 2.45) is 5.92 Å². The number of amides is 1. The SMILES string of the molecule is O=C(CC(O)c1ccccc1)N1CCC(C(O)c2ccccc2)CC1. The number of nitrogens with zero attached hydrogens (tertiary/aromatic N) is 1. The van der Waals surface area contributed by atoms with Gasteiger partial charge in [0.25, 0.3) is 0 Å². The first kappa shape index (κ1) is 17.6. The van der Waals surface area contributed by atoms with Crippen LogP contribution in [-0.2, 0) is 4.79 Å². The van der Waals surface area contributed by atoms with Gasteiger partial charge in [-0.25, -0.2) is 0 Å². The Morgan fingerprint density at radius 3 is 2.00 bits per heavy atom. The summed E-state index contributed by atoms with van der Waals surface area (Å²) >= 11 is 0. The standard InChI is InChI=1S/C21H25NO3/c23-19(16-7-3-1-4-8-16)15-20(24)22-13-11-18(12-14-22)21(25)17-9-5-2-6-10-17/h1-10,18-19,21,23,25H,11-15H2. The van der Waals surface area contributed by atoms with Gasteiger partial charge in [0.2, 0.25) is 5.91 Å². The van der Waals surface area contributed by atoms with E-state index in [0.29, 0.717) is 13.1 Å². The zero-order valence-corrected chi connectivity index (χ0v) is 14.3. The predicted molar refractivity (Wildman–Crippen MR) is 96.7 cm³/mol. The Balaban J connectivity index is 1.51. The van der Waals surface area contributed by atoms with Gasteiger partial charge in [-0.15, -0.1) is 0 Å². The summed E-state index contributed by atoms with van der Waals surface area (Å²) < 4.78 is 0. The molecule has 0 spiro atoms. The molecule has 2 aromatic rings. The van der Waals surface area contributed by atoms with Crippen LogP contribution in [0.1, 0.15) is 42.6 Å². The highest BCUT2D eigenvalue weighted by Gasteiger charge is 2.29. The number of carbonyl (C=O) groups excluding carboxylic acids is 1. The number of likely N-dealkylation sites (tertiary alicyclic amines) is 1. The van der Waals surface area contributed by atoms with Gasteiger partial charge in [-0.2, -0.15) is 0 Å². The molecule has 1 heterocycles. The van der Waals surface area contributed by atoms with Crippen molar-refractivity contribution in [3.8, 4) is 0 Å². The summed E-state index contributed by atoms with van der Waals surface area (Å²) in [7, 11) is 0. The maximum atomic E-state index is 12.4. The third kappa shape index (κ3) is 4.47. The Morgan fingerprint density at radius 2 is 1.44 bits per heavy atom. The Hall–Kier alpha value is -2.17. The van der Waals surface area contributed by atoms with E-state index in [1.165, 1.54) is 0 Å². The lowest BCUT2D eigenvalue weighted by Crippen LogP contribution is -2.40. The van der Waals surface area contributed by atoms with Crippen LogP contribution in [0.3, 0.4) is 0 Å². The van der Waals surface area contributed by atoms with Crippen molar-refractivity contribution in [3.63, 3.8) is 0 Å². The van der Waals surface area contributed by atoms with Gasteiger partial charge < -0.3 is 15.1 Å². The average molecular weight is 339 g/mol. The highest BCUT2D eigenvalue weighted by Crippen LogP contribution is 2.31. The molecule has 2 unspecified atom stereocenters. The minimum Gasteiger partial charge on any atom is -0.388 e. The van der Waals surface area contributed by atoms with Gasteiger partial charge in [-0.3, -0.25) is 4.79 Å².